The van der Waals surface area contributed by atoms with Crippen molar-refractivity contribution >= 4 is 46.0 Å². The molecule has 2 aliphatic rings. The third-order valence-electron chi connectivity index (χ3n) is 4.32. The Morgan fingerprint density at radius 3 is 2.96 bits per heavy atom. The number of hydrogen-bond donors (Lipinski definition) is 2. The predicted octanol–water partition coefficient (Wildman–Crippen LogP) is 1.86. The van der Waals surface area contributed by atoms with E-state index in [1.807, 2.05) is 18.2 Å². The molecular formula is C17H16N4O3S2. The lowest BCUT2D eigenvalue weighted by atomic mass is 10.1. The van der Waals surface area contributed by atoms with Gasteiger partial charge in [-0.25, -0.2) is 4.98 Å². The molecule has 3 amide bonds. The Kier molecular flexibility index (Phi) is 4.64. The summed E-state index contributed by atoms with van der Waals surface area (Å²) in [5.74, 6) is 0.0334. The number of nitrogens with one attached hydrogen (secondary N) is 2. The van der Waals surface area contributed by atoms with Crippen LogP contribution in [0.15, 0.2) is 35.8 Å². The molecule has 3 heterocycles. The number of fused-ring (bicyclic) bond motifs is 3. The Balaban J connectivity index is 1.32. The van der Waals surface area contributed by atoms with Crippen molar-refractivity contribution in [1.82, 2.24) is 15.2 Å². The second-order valence-corrected chi connectivity index (χ2v) is 7.94. The molecule has 1 saturated heterocycles. The van der Waals surface area contributed by atoms with Crippen LogP contribution in [0.1, 0.15) is 27.7 Å². The van der Waals surface area contributed by atoms with Gasteiger partial charge in [-0.1, -0.05) is 18.2 Å². The highest BCUT2D eigenvalue weighted by Crippen LogP contribution is 2.47. The summed E-state index contributed by atoms with van der Waals surface area (Å²) in [7, 11) is 0. The van der Waals surface area contributed by atoms with Crippen LogP contribution in [0, 0.1) is 0 Å². The summed E-state index contributed by atoms with van der Waals surface area (Å²) in [5.41, 5.74) is 1.64. The summed E-state index contributed by atoms with van der Waals surface area (Å²) in [6.07, 6.45) is 1.77. The van der Waals surface area contributed by atoms with Crippen molar-refractivity contribution in [2.45, 2.75) is 17.8 Å². The molecule has 4 rings (SSSR count). The van der Waals surface area contributed by atoms with E-state index in [2.05, 4.69) is 15.6 Å². The third-order valence-corrected chi connectivity index (χ3v) is 6.32. The molecule has 0 aliphatic carbocycles. The monoisotopic (exact) mass is 388 g/mol. The molecule has 0 unspecified atom stereocenters. The van der Waals surface area contributed by atoms with Crippen LogP contribution in [0.4, 0.5) is 5.13 Å². The molecular weight excluding hydrogens is 372 g/mol. The maximum absolute atomic E-state index is 12.6. The fourth-order valence-corrected chi connectivity index (χ4v) is 5.14. The van der Waals surface area contributed by atoms with Gasteiger partial charge in [-0.05, 0) is 11.6 Å². The van der Waals surface area contributed by atoms with Crippen molar-refractivity contribution in [1.29, 1.82) is 0 Å². The lowest BCUT2D eigenvalue weighted by molar-refractivity contribution is -0.124. The number of hydrogen-bond acceptors (Lipinski definition) is 6. The summed E-state index contributed by atoms with van der Waals surface area (Å²) in [5, 5.41) is 7.66. The van der Waals surface area contributed by atoms with Crippen LogP contribution in [-0.4, -0.2) is 45.9 Å². The molecule has 2 N–H and O–H groups in total. The second kappa shape index (κ2) is 7.08. The van der Waals surface area contributed by atoms with Gasteiger partial charge >= 0.3 is 0 Å². The van der Waals surface area contributed by atoms with Crippen LogP contribution in [-0.2, 0) is 9.59 Å². The van der Waals surface area contributed by atoms with E-state index in [0.29, 0.717) is 16.4 Å². The van der Waals surface area contributed by atoms with Crippen molar-refractivity contribution in [3.63, 3.8) is 0 Å². The van der Waals surface area contributed by atoms with E-state index in [-0.39, 0.29) is 36.1 Å². The minimum absolute atomic E-state index is 0.0948. The number of rotatable bonds is 5. The summed E-state index contributed by atoms with van der Waals surface area (Å²) < 4.78 is 0. The fourth-order valence-electron chi connectivity index (χ4n) is 3.13. The quantitative estimate of drug-likeness (QED) is 0.816. The highest BCUT2D eigenvalue weighted by Gasteiger charge is 2.48. The maximum Gasteiger partial charge on any atom is 0.256 e. The lowest BCUT2D eigenvalue weighted by Gasteiger charge is -2.22. The third kappa shape index (κ3) is 3.08. The second-order valence-electron chi connectivity index (χ2n) is 5.93. The summed E-state index contributed by atoms with van der Waals surface area (Å²) >= 11 is 2.94. The molecule has 1 aromatic carbocycles. The first-order valence-electron chi connectivity index (χ1n) is 8.15. The summed E-state index contributed by atoms with van der Waals surface area (Å²) in [6, 6.07) is 6.97. The number of carbonyl (C=O) groups excluding carboxylic acids is 3. The van der Waals surface area contributed by atoms with Crippen LogP contribution in [0.3, 0.4) is 0 Å². The number of carbonyl (C=O) groups is 3. The Morgan fingerprint density at radius 1 is 1.31 bits per heavy atom. The molecule has 2 aliphatic heterocycles. The molecule has 1 aromatic heterocycles. The average molecular weight is 388 g/mol. The smallest absolute Gasteiger partial charge is 0.256 e. The van der Waals surface area contributed by atoms with Crippen LogP contribution >= 0.6 is 23.1 Å². The van der Waals surface area contributed by atoms with Gasteiger partial charge in [0.25, 0.3) is 5.91 Å². The van der Waals surface area contributed by atoms with Crippen molar-refractivity contribution in [3.05, 3.63) is 47.0 Å². The van der Waals surface area contributed by atoms with Crippen LogP contribution < -0.4 is 10.6 Å². The number of anilines is 1. The topological polar surface area (TPSA) is 91.4 Å². The van der Waals surface area contributed by atoms with E-state index >= 15 is 0 Å². The number of thioether (sulfide) groups is 1. The van der Waals surface area contributed by atoms with E-state index in [1.54, 1.807) is 34.3 Å². The van der Waals surface area contributed by atoms with E-state index in [1.165, 1.54) is 11.3 Å². The molecule has 2 aromatic rings. The molecule has 134 valence electrons. The maximum atomic E-state index is 12.6. The number of nitrogens with zero attached hydrogens (tertiary/aromatic N) is 2. The fraction of sp³-hybridized carbons (Fsp3) is 0.294. The summed E-state index contributed by atoms with van der Waals surface area (Å²) in [6.45, 7) is 0.219. The van der Waals surface area contributed by atoms with E-state index in [0.717, 1.165) is 5.56 Å². The molecule has 0 bridgehead atoms. The molecule has 1 fully saturated rings. The highest BCUT2D eigenvalue weighted by atomic mass is 32.2. The number of thiazole rings is 1. The minimum atomic E-state index is -0.507. The standard InChI is InChI=1S/C17H16N4O3S2/c22-13(20-17-19-7-8-25-17)5-6-18-14(23)12-9-26-16-11-4-2-1-3-10(11)15(24)21(12)16/h1-4,7-8,12,16H,5-6,9H2,(H,18,23)(H,19,20,22)/t12-,16-/m1/s1. The Hall–Kier alpha value is -2.39. The van der Waals surface area contributed by atoms with Gasteiger partial charge in [0.1, 0.15) is 11.4 Å². The number of amides is 3. The van der Waals surface area contributed by atoms with Gasteiger partial charge in [0, 0.05) is 35.9 Å². The zero-order valence-corrected chi connectivity index (χ0v) is 15.3. The van der Waals surface area contributed by atoms with E-state index < -0.39 is 6.04 Å². The Morgan fingerprint density at radius 2 is 2.15 bits per heavy atom. The lowest BCUT2D eigenvalue weighted by Crippen LogP contribution is -2.46. The molecule has 0 spiro atoms. The van der Waals surface area contributed by atoms with Crippen molar-refractivity contribution < 1.29 is 14.4 Å². The zero-order chi connectivity index (χ0) is 18.1. The molecule has 9 heteroatoms. The van der Waals surface area contributed by atoms with Gasteiger partial charge in [0.05, 0.1) is 0 Å². The average Bonchev–Trinajstić information content (AvgIpc) is 3.34. The SMILES string of the molecule is O=C(CCNC(=O)[C@H]1CS[C@@H]2c3ccccc3C(=O)N12)Nc1nccs1. The Labute approximate surface area is 158 Å². The molecule has 26 heavy (non-hydrogen) atoms. The number of benzene rings is 1. The van der Waals surface area contributed by atoms with Crippen LogP contribution in [0.25, 0.3) is 0 Å². The highest BCUT2D eigenvalue weighted by molar-refractivity contribution is 7.99. The molecule has 0 saturated carbocycles. The Bertz CT molecular complexity index is 855. The van der Waals surface area contributed by atoms with Crippen molar-refractivity contribution in [2.75, 3.05) is 17.6 Å². The molecule has 7 nitrogen and oxygen atoms in total. The van der Waals surface area contributed by atoms with Gasteiger partial charge in [-0.15, -0.1) is 23.1 Å². The first kappa shape index (κ1) is 17.0. The van der Waals surface area contributed by atoms with Crippen molar-refractivity contribution in [2.24, 2.45) is 0 Å². The first-order valence-corrected chi connectivity index (χ1v) is 10.1. The van der Waals surface area contributed by atoms with Gasteiger partial charge in [-0.3, -0.25) is 14.4 Å². The predicted molar refractivity (Wildman–Crippen MR) is 100.0 cm³/mol. The van der Waals surface area contributed by atoms with Crippen LogP contribution in [0.5, 0.6) is 0 Å². The van der Waals surface area contributed by atoms with Crippen LogP contribution in [0.2, 0.25) is 0 Å². The first-order chi connectivity index (χ1) is 12.6. The normalized spacial score (nSPS) is 20.6. The van der Waals surface area contributed by atoms with Gasteiger partial charge in [-0.2, -0.15) is 0 Å². The van der Waals surface area contributed by atoms with E-state index in [4.69, 9.17) is 0 Å². The van der Waals surface area contributed by atoms with Crippen molar-refractivity contribution in [3.8, 4) is 0 Å². The molecule has 2 atom stereocenters. The minimum Gasteiger partial charge on any atom is -0.354 e. The zero-order valence-electron chi connectivity index (χ0n) is 13.7. The molecule has 0 radical (unpaired) electrons. The largest absolute Gasteiger partial charge is 0.354 e. The number of aromatic nitrogens is 1. The van der Waals surface area contributed by atoms with Gasteiger partial charge in [0.2, 0.25) is 11.8 Å². The summed E-state index contributed by atoms with van der Waals surface area (Å²) in [4.78, 5) is 42.6. The van der Waals surface area contributed by atoms with Gasteiger partial charge < -0.3 is 15.5 Å². The van der Waals surface area contributed by atoms with E-state index in [9.17, 15) is 14.4 Å². The van der Waals surface area contributed by atoms with Gasteiger partial charge in [0.15, 0.2) is 5.13 Å².